The van der Waals surface area contributed by atoms with E-state index in [1.165, 1.54) is 12.1 Å². The van der Waals surface area contributed by atoms with E-state index in [4.69, 9.17) is 5.73 Å². The summed E-state index contributed by atoms with van der Waals surface area (Å²) in [5.41, 5.74) is 7.50. The van der Waals surface area contributed by atoms with Crippen molar-refractivity contribution in [1.29, 1.82) is 0 Å². The van der Waals surface area contributed by atoms with Crippen LogP contribution in [0.1, 0.15) is 6.42 Å². The van der Waals surface area contributed by atoms with Gasteiger partial charge in [0.1, 0.15) is 5.82 Å². The van der Waals surface area contributed by atoms with Gasteiger partial charge in [-0.15, -0.1) is 0 Å². The molecule has 0 bridgehead atoms. The second-order valence-electron chi connectivity index (χ2n) is 4.64. The highest BCUT2D eigenvalue weighted by Crippen LogP contribution is 2.24. The van der Waals surface area contributed by atoms with Gasteiger partial charge in [-0.05, 0) is 18.6 Å². The van der Waals surface area contributed by atoms with Crippen molar-refractivity contribution in [3.8, 4) is 11.3 Å². The molecule has 18 heavy (non-hydrogen) atoms. The lowest BCUT2D eigenvalue weighted by molar-refractivity contribution is 0.628. The van der Waals surface area contributed by atoms with Crippen molar-refractivity contribution >= 4 is 5.82 Å². The van der Waals surface area contributed by atoms with E-state index < -0.39 is 0 Å². The molecule has 3 rings (SSSR count). The number of aromatic nitrogens is 2. The Morgan fingerprint density at radius 1 is 1.39 bits per heavy atom. The number of nitrogens with one attached hydrogen (secondary N) is 1. The molecular formula is C13H15FN4. The van der Waals surface area contributed by atoms with Crippen LogP contribution < -0.4 is 10.6 Å². The van der Waals surface area contributed by atoms with Crippen LogP contribution in [0.2, 0.25) is 0 Å². The molecule has 4 nitrogen and oxygen atoms in total. The zero-order valence-corrected chi connectivity index (χ0v) is 9.94. The minimum atomic E-state index is -0.244. The number of rotatable bonds is 2. The number of hydrogen-bond donors (Lipinski definition) is 2. The summed E-state index contributed by atoms with van der Waals surface area (Å²) in [5, 5.41) is 7.20. The molecule has 2 heterocycles. The Hall–Kier alpha value is -1.88. The third-order valence-corrected chi connectivity index (χ3v) is 3.25. The lowest BCUT2D eigenvalue weighted by Gasteiger charge is -2.13. The quantitative estimate of drug-likeness (QED) is 0.848. The lowest BCUT2D eigenvalue weighted by atomic mass is 10.1. The van der Waals surface area contributed by atoms with Gasteiger partial charge in [-0.1, -0.05) is 12.1 Å². The van der Waals surface area contributed by atoms with Crippen LogP contribution in [0.15, 0.2) is 30.3 Å². The smallest absolute Gasteiger partial charge is 0.151 e. The van der Waals surface area contributed by atoms with Crippen molar-refractivity contribution in [2.45, 2.75) is 12.5 Å². The molecule has 0 saturated carbocycles. The van der Waals surface area contributed by atoms with Crippen LogP contribution in [0.3, 0.4) is 0 Å². The number of hydrogen-bond acceptors (Lipinski definition) is 3. The molecule has 1 fully saturated rings. The van der Waals surface area contributed by atoms with Gasteiger partial charge >= 0.3 is 0 Å². The van der Waals surface area contributed by atoms with Crippen LogP contribution in [-0.2, 0) is 0 Å². The van der Waals surface area contributed by atoms with Crippen molar-refractivity contribution in [2.75, 3.05) is 18.0 Å². The van der Waals surface area contributed by atoms with Gasteiger partial charge in [-0.3, -0.25) is 5.10 Å². The van der Waals surface area contributed by atoms with Gasteiger partial charge in [0.15, 0.2) is 5.82 Å². The van der Waals surface area contributed by atoms with E-state index in [9.17, 15) is 4.39 Å². The van der Waals surface area contributed by atoms with Crippen LogP contribution in [0.4, 0.5) is 10.2 Å². The first-order valence-corrected chi connectivity index (χ1v) is 6.04. The number of aromatic amines is 1. The van der Waals surface area contributed by atoms with Gasteiger partial charge in [0.25, 0.3) is 0 Å². The molecule has 1 aromatic carbocycles. The Morgan fingerprint density at radius 2 is 2.28 bits per heavy atom. The predicted octanol–water partition coefficient (Wildman–Crippen LogP) is 1.75. The van der Waals surface area contributed by atoms with Gasteiger partial charge in [0.05, 0.1) is 5.69 Å². The van der Waals surface area contributed by atoms with Gasteiger partial charge < -0.3 is 10.6 Å². The minimum absolute atomic E-state index is 0.222. The maximum atomic E-state index is 13.2. The van der Waals surface area contributed by atoms with E-state index in [0.717, 1.165) is 36.6 Å². The third-order valence-electron chi connectivity index (χ3n) is 3.25. The van der Waals surface area contributed by atoms with Gasteiger partial charge in [0.2, 0.25) is 0 Å². The molecule has 1 aliphatic rings. The first-order chi connectivity index (χ1) is 8.72. The summed E-state index contributed by atoms with van der Waals surface area (Å²) in [5.74, 6) is 0.633. The minimum Gasteiger partial charge on any atom is -0.354 e. The molecule has 1 unspecified atom stereocenters. The van der Waals surface area contributed by atoms with Crippen molar-refractivity contribution in [3.05, 3.63) is 36.1 Å². The molecule has 1 atom stereocenters. The van der Waals surface area contributed by atoms with Crippen LogP contribution in [0.25, 0.3) is 11.3 Å². The second-order valence-corrected chi connectivity index (χ2v) is 4.64. The summed E-state index contributed by atoms with van der Waals surface area (Å²) < 4.78 is 13.2. The first-order valence-electron chi connectivity index (χ1n) is 6.04. The highest BCUT2D eigenvalue weighted by atomic mass is 19.1. The van der Waals surface area contributed by atoms with E-state index >= 15 is 0 Å². The Balaban J connectivity index is 1.85. The molecule has 0 spiro atoms. The normalized spacial score (nSPS) is 19.4. The molecule has 3 N–H and O–H groups in total. The monoisotopic (exact) mass is 246 g/mol. The first kappa shape index (κ1) is 11.2. The Morgan fingerprint density at radius 3 is 3.00 bits per heavy atom. The second kappa shape index (κ2) is 4.42. The van der Waals surface area contributed by atoms with E-state index in [0.29, 0.717) is 0 Å². The average molecular weight is 246 g/mol. The Bertz CT molecular complexity index is 551. The highest BCUT2D eigenvalue weighted by molar-refractivity contribution is 5.63. The molecule has 1 saturated heterocycles. The number of benzene rings is 1. The number of nitrogens with zero attached hydrogens (tertiary/aromatic N) is 2. The van der Waals surface area contributed by atoms with Crippen molar-refractivity contribution in [3.63, 3.8) is 0 Å². The summed E-state index contributed by atoms with van der Waals surface area (Å²) in [6.45, 7) is 1.75. The van der Waals surface area contributed by atoms with Crippen LogP contribution in [-0.4, -0.2) is 29.3 Å². The molecule has 0 radical (unpaired) electrons. The summed E-state index contributed by atoms with van der Waals surface area (Å²) >= 11 is 0. The topological polar surface area (TPSA) is 57.9 Å². The van der Waals surface area contributed by atoms with Crippen LogP contribution in [0, 0.1) is 5.82 Å². The van der Waals surface area contributed by atoms with Gasteiger partial charge in [-0.25, -0.2) is 4.39 Å². The number of anilines is 1. The molecule has 5 heteroatoms. The summed E-state index contributed by atoms with van der Waals surface area (Å²) in [4.78, 5) is 2.14. The van der Waals surface area contributed by atoms with E-state index in [1.54, 1.807) is 6.07 Å². The number of nitrogens with two attached hydrogens (primary N) is 1. The maximum absolute atomic E-state index is 13.2. The Labute approximate surface area is 105 Å². The summed E-state index contributed by atoms with van der Waals surface area (Å²) in [6.07, 6.45) is 0.988. The van der Waals surface area contributed by atoms with Gasteiger partial charge in [0, 0.05) is 30.8 Å². The highest BCUT2D eigenvalue weighted by Gasteiger charge is 2.21. The largest absolute Gasteiger partial charge is 0.354 e. The average Bonchev–Trinajstić information content (AvgIpc) is 2.97. The SMILES string of the molecule is NC1CCN(c2cc(-c3cccc(F)c3)[nH]n2)C1. The molecular weight excluding hydrogens is 231 g/mol. The molecule has 0 amide bonds. The van der Waals surface area contributed by atoms with Crippen molar-refractivity contribution in [1.82, 2.24) is 10.2 Å². The third kappa shape index (κ3) is 2.09. The number of H-pyrrole nitrogens is 1. The molecule has 0 aliphatic carbocycles. The fraction of sp³-hybridized carbons (Fsp3) is 0.308. The Kier molecular flexibility index (Phi) is 2.76. The standard InChI is InChI=1S/C13H15FN4/c14-10-3-1-2-9(6-10)12-7-13(17-16-12)18-5-4-11(15)8-18/h1-3,6-7,11H,4-5,8,15H2,(H,16,17). The van der Waals surface area contributed by atoms with Crippen LogP contribution in [0.5, 0.6) is 0 Å². The molecule has 1 aliphatic heterocycles. The fourth-order valence-electron chi connectivity index (χ4n) is 2.27. The zero-order valence-electron chi connectivity index (χ0n) is 9.94. The van der Waals surface area contributed by atoms with E-state index in [-0.39, 0.29) is 11.9 Å². The fourth-order valence-corrected chi connectivity index (χ4v) is 2.27. The van der Waals surface area contributed by atoms with E-state index in [1.807, 2.05) is 12.1 Å². The molecule has 94 valence electrons. The number of halogens is 1. The van der Waals surface area contributed by atoms with Crippen molar-refractivity contribution < 1.29 is 4.39 Å². The summed E-state index contributed by atoms with van der Waals surface area (Å²) in [7, 11) is 0. The predicted molar refractivity (Wildman–Crippen MR) is 68.8 cm³/mol. The molecule has 2 aromatic rings. The van der Waals surface area contributed by atoms with Crippen molar-refractivity contribution in [2.24, 2.45) is 5.73 Å². The van der Waals surface area contributed by atoms with Crippen LogP contribution >= 0.6 is 0 Å². The van der Waals surface area contributed by atoms with Gasteiger partial charge in [-0.2, -0.15) is 5.10 Å². The maximum Gasteiger partial charge on any atom is 0.151 e. The summed E-state index contributed by atoms with van der Waals surface area (Å²) in [6, 6.07) is 8.63. The molecule has 1 aromatic heterocycles. The lowest BCUT2D eigenvalue weighted by Crippen LogP contribution is -2.26. The zero-order chi connectivity index (χ0) is 12.5. The van der Waals surface area contributed by atoms with E-state index in [2.05, 4.69) is 15.1 Å².